The Morgan fingerprint density at radius 1 is 0.481 bits per heavy atom. The predicted octanol–water partition coefficient (Wildman–Crippen LogP) is -17.7. The van der Waals surface area contributed by atoms with Crippen molar-refractivity contribution in [2.75, 3.05) is 0 Å². The van der Waals surface area contributed by atoms with Crippen molar-refractivity contribution in [1.29, 1.82) is 10.8 Å². The second kappa shape index (κ2) is 38.2. The van der Waals surface area contributed by atoms with E-state index in [0.717, 1.165) is 50.3 Å². The molecule has 0 amide bonds. The van der Waals surface area contributed by atoms with E-state index in [1.165, 1.54) is 13.8 Å². The molecule has 56 heteroatoms. The molecule has 8 aromatic rings. The van der Waals surface area contributed by atoms with Crippen LogP contribution in [-0.2, 0) is 73.8 Å². The number of nitrogens with zero attached hydrogens (tertiary/aromatic N) is 12. The molecule has 0 atom stereocenters. The van der Waals surface area contributed by atoms with E-state index < -0.39 is 237 Å². The Morgan fingerprint density at radius 2 is 0.783 bits per heavy atom. The second-order valence-electron chi connectivity index (χ2n) is 19.7. The average Bonchev–Trinajstić information content (AvgIpc) is 0.777. The number of nitrogens with one attached hydrogen (secondary N) is 6. The summed E-state index contributed by atoms with van der Waals surface area (Å²) in [5.74, 6) is -5.45. The molecule has 0 fully saturated rings. The van der Waals surface area contributed by atoms with Crippen LogP contribution in [0.3, 0.4) is 0 Å². The van der Waals surface area contributed by atoms with E-state index in [0.29, 0.717) is 33.4 Å². The molecule has 528 valence electrons. The number of hydrogen-bond acceptors (Lipinski definition) is 32. The molecule has 10 N–H and O–H groups in total. The summed E-state index contributed by atoms with van der Waals surface area (Å²) in [6.07, 6.45) is 1.74. The Labute approximate surface area is 738 Å². The molecule has 0 spiro atoms. The molecule has 42 nitrogen and oxygen atoms in total. The number of H-pyrrole nitrogens is 4. The number of rotatable bonds is 20. The van der Waals surface area contributed by atoms with E-state index in [9.17, 15) is 108 Å². The quantitative estimate of drug-likeness (QED) is 0.00846. The normalized spacial score (nSPS) is 12.8. The zero-order valence-electron chi connectivity index (χ0n) is 55.9. The molecule has 0 aliphatic rings. The molecule has 0 aliphatic heterocycles. The van der Waals surface area contributed by atoms with Gasteiger partial charge in [-0.15, -0.1) is 20.5 Å². The van der Waals surface area contributed by atoms with E-state index in [1.54, 1.807) is 0 Å². The third-order valence-corrected chi connectivity index (χ3v) is 19.0. The van der Waals surface area contributed by atoms with Gasteiger partial charge in [0.25, 0.3) is 51.6 Å². The van der Waals surface area contributed by atoms with E-state index in [2.05, 4.69) is 70.3 Å². The molecule has 0 unspecified atom stereocenters. The minimum atomic E-state index is -5.54. The van der Waals surface area contributed by atoms with E-state index >= 15 is 0 Å². The van der Waals surface area contributed by atoms with Crippen LogP contribution in [0.4, 0.5) is 45.5 Å². The predicted molar refractivity (Wildman–Crippen MR) is 330 cm³/mol. The van der Waals surface area contributed by atoms with Crippen molar-refractivity contribution >= 4 is 153 Å². The van der Waals surface area contributed by atoms with Gasteiger partial charge in [-0.05, 0) is 145 Å². The molecule has 0 bridgehead atoms. The first kappa shape index (κ1) is 97.6. The fourth-order valence-electron chi connectivity index (χ4n) is 8.92. The third-order valence-electron chi connectivity index (χ3n) is 13.3. The molecular weight excluding hydrogens is 1640 g/mol. The summed E-state index contributed by atoms with van der Waals surface area (Å²) < 4.78 is 219. The zero-order chi connectivity index (χ0) is 74.4. The molecule has 106 heavy (non-hydrogen) atoms. The molecule has 8 rings (SSSR count). The standard InChI is InChI=1S/C50H44Cl2N18O24S6.6Na/c1-5-69-41(73)35(39(53)71)19(3)37(43(69)75)67-65-27-15-25(31(97(83,84)85)17-33(27)99(89,90)91)57-49-61-45(51)59-47(63-49)55-23-11-9-21(29(13-23)95(77,78)79)7-8-22-10-12-24(14-30(22)96(80,81)82)56-48-60-46(52)62-50(64-48)58-26-16-28(34(100(92,93)94)18-32(26)98(86,87)88)66-68-38-20(4)36(40(54)72)42(74)70(6-2)44(38)76;;;;;;/h7-18,75-76H,5-6H2,1-4H3,(H2,53,71)(H2,54,72)(H,77,78,79)(H,80,81,82)(H,83,84,85)(H,86,87,88)(H,89,90,91)(H,92,93,94)(H2,55,57,59,61,63)(H2,56,58,60,62,64);;;;;;/q;6*+1/p-6. The van der Waals surface area contributed by atoms with Crippen LogP contribution in [-0.4, -0.2) is 129 Å². The Balaban J connectivity index is 0.00000636. The summed E-state index contributed by atoms with van der Waals surface area (Å²) in [6.45, 7) is 4.00. The molecule has 0 radical (unpaired) electrons. The summed E-state index contributed by atoms with van der Waals surface area (Å²) in [5.41, 5.74) is -14.8. The monoisotopic (exact) mass is 1670 g/mol. The van der Waals surface area contributed by atoms with Gasteiger partial charge in [-0.1, -0.05) is 24.3 Å². The van der Waals surface area contributed by atoms with E-state index in [-0.39, 0.29) is 203 Å². The Hall–Kier alpha value is -4.48. The van der Waals surface area contributed by atoms with Crippen molar-refractivity contribution in [2.45, 2.75) is 70.2 Å². The average molecular weight is 1680 g/mol. The molecule has 4 aromatic carbocycles. The van der Waals surface area contributed by atoms with Crippen molar-refractivity contribution in [3.8, 4) is 11.8 Å². The topological polar surface area (TPSA) is 704 Å². The van der Waals surface area contributed by atoms with Gasteiger partial charge < -0.3 is 59.5 Å². The van der Waals surface area contributed by atoms with Crippen LogP contribution in [0.25, 0.3) is 12.2 Å². The fourth-order valence-corrected chi connectivity index (χ4v) is 13.3. The molecule has 0 saturated carbocycles. The van der Waals surface area contributed by atoms with Crippen molar-refractivity contribution in [3.05, 3.63) is 148 Å². The van der Waals surface area contributed by atoms with Gasteiger partial charge in [-0.2, -0.15) is 43.6 Å². The van der Waals surface area contributed by atoms with Gasteiger partial charge in [-0.3, -0.25) is 37.8 Å². The first-order valence-electron chi connectivity index (χ1n) is 26.5. The van der Waals surface area contributed by atoms with Crippen LogP contribution in [0.2, 0.25) is 10.6 Å². The maximum Gasteiger partial charge on any atom is 1.00 e. The molecule has 4 heterocycles. The maximum absolute atomic E-state index is 13.2. The largest absolute Gasteiger partial charge is 1.00 e. The van der Waals surface area contributed by atoms with Crippen LogP contribution in [0.5, 0.6) is 11.8 Å². The van der Waals surface area contributed by atoms with Crippen molar-refractivity contribution in [1.82, 2.24) is 39.0 Å². The molecule has 0 saturated heterocycles. The summed E-state index contributed by atoms with van der Waals surface area (Å²) >= 11 is 12.3. The SMILES string of the molecule is CCn1c([O-])c(N=Nc2cc(N=c3[nH]c(Cl)nc(=Nc4ccc(C=Cc5ccc(N=c6nc(Cl)[nH]c(=Nc7cc(N=Nc8c(C)c(C(=N)[O-])c(=O)n(CC)c8[O-])c(S(=O)(=O)O)cc7S(=O)(=O)O)[nH]6)cc5S(=O)(=O)[O-])c(S(=O)(=O)[O-])c4)[nH]3)c(S(=O)(=O)O)cc2S(=O)(=O)O)c(C)c(C(=N)[O-])c1=O.[Na+].[Na+].[Na+].[Na+].[Na+].[Na+]. The molecule has 0 aliphatic carbocycles. The van der Waals surface area contributed by atoms with Crippen LogP contribution in [0.15, 0.2) is 140 Å². The number of pyridine rings is 2. The van der Waals surface area contributed by atoms with Gasteiger partial charge in [0.05, 0.1) is 55.0 Å². The summed E-state index contributed by atoms with van der Waals surface area (Å²) in [5, 5.41) is 78.8. The second-order valence-corrected chi connectivity index (χ2v) is 28.7. The fraction of sp³-hybridized carbons (Fsp3) is 0.120. The van der Waals surface area contributed by atoms with Crippen molar-refractivity contribution < 1.29 is 276 Å². The van der Waals surface area contributed by atoms with Crippen molar-refractivity contribution in [3.63, 3.8) is 0 Å². The Bertz CT molecular complexity index is 5830. The van der Waals surface area contributed by atoms with Crippen LogP contribution in [0, 0.1) is 24.7 Å². The number of azo groups is 2. The first-order chi connectivity index (χ1) is 46.2. The number of aromatic amines is 4. The Morgan fingerprint density at radius 3 is 1.06 bits per heavy atom. The number of halogens is 2. The van der Waals surface area contributed by atoms with Crippen LogP contribution in [0.1, 0.15) is 47.2 Å². The van der Waals surface area contributed by atoms with Crippen LogP contribution >= 0.6 is 23.2 Å². The minimum absolute atomic E-state index is 0. The van der Waals surface area contributed by atoms with E-state index in [1.807, 2.05) is 0 Å². The van der Waals surface area contributed by atoms with Gasteiger partial charge in [0.15, 0.2) is 0 Å². The van der Waals surface area contributed by atoms with Gasteiger partial charge in [-0.25, -0.2) is 36.8 Å². The third kappa shape index (κ3) is 23.1. The van der Waals surface area contributed by atoms with Gasteiger partial charge in [0.1, 0.15) is 51.2 Å². The summed E-state index contributed by atoms with van der Waals surface area (Å²) in [6, 6.07) is 6.65. The number of hydrogen-bond donors (Lipinski definition) is 10. The number of aromatic nitrogens is 8. The minimum Gasteiger partial charge on any atom is -0.859 e. The van der Waals surface area contributed by atoms with Crippen LogP contribution < -0.4 is 231 Å². The van der Waals surface area contributed by atoms with Gasteiger partial charge in [0.2, 0.25) is 33.0 Å². The van der Waals surface area contributed by atoms with Gasteiger partial charge >= 0.3 is 177 Å². The summed E-state index contributed by atoms with van der Waals surface area (Å²) in [7, 11) is -33.2. The van der Waals surface area contributed by atoms with Gasteiger partial charge in [0, 0.05) is 13.1 Å². The van der Waals surface area contributed by atoms with E-state index in [4.69, 9.17) is 34.0 Å². The number of benzene rings is 4. The first-order valence-corrected chi connectivity index (χ1v) is 35.8. The Kier molecular flexibility index (Phi) is 35.1. The molecule has 4 aromatic heterocycles. The maximum atomic E-state index is 13.2. The molecular formula is C50H38Cl2N18Na6O24S6. The zero-order valence-corrected chi connectivity index (χ0v) is 74.3. The smallest absolute Gasteiger partial charge is 0.859 e. The summed E-state index contributed by atoms with van der Waals surface area (Å²) in [4.78, 5) is 51.1. The van der Waals surface area contributed by atoms with Crippen molar-refractivity contribution in [2.24, 2.45) is 40.4 Å².